The van der Waals surface area contributed by atoms with Gasteiger partial charge >= 0.3 is 0 Å². The molecule has 0 aliphatic heterocycles. The summed E-state index contributed by atoms with van der Waals surface area (Å²) in [7, 11) is 0. The number of ketones is 1. The molecular formula is C20H16N2OS. The minimum atomic E-state index is -0.196. The minimum Gasteiger partial charge on any atom is -0.360 e. The molecule has 4 heteroatoms. The van der Waals surface area contributed by atoms with Crippen molar-refractivity contribution < 1.29 is 4.79 Å². The van der Waals surface area contributed by atoms with Gasteiger partial charge in [-0.2, -0.15) is 0 Å². The molecule has 1 N–H and O–H groups in total. The molecule has 0 saturated carbocycles. The van der Waals surface area contributed by atoms with Gasteiger partial charge in [0.2, 0.25) is 0 Å². The van der Waals surface area contributed by atoms with Crippen molar-refractivity contribution in [1.82, 2.24) is 9.97 Å². The smallest absolute Gasteiger partial charge is 0.178 e. The number of carbonyl (C=O) groups excluding carboxylic acids is 1. The summed E-state index contributed by atoms with van der Waals surface area (Å²) in [6.07, 6.45) is 1.80. The summed E-state index contributed by atoms with van der Waals surface area (Å²) < 4.78 is 0. The van der Waals surface area contributed by atoms with Crippen LogP contribution in [0.3, 0.4) is 0 Å². The van der Waals surface area contributed by atoms with Crippen LogP contribution in [0.15, 0.2) is 71.9 Å². The molecule has 0 amide bonds. The van der Waals surface area contributed by atoms with E-state index in [0.717, 1.165) is 32.4 Å². The topological polar surface area (TPSA) is 45.8 Å². The fraction of sp³-hybridized carbons (Fsp3) is 0.100. The van der Waals surface area contributed by atoms with E-state index in [2.05, 4.69) is 9.97 Å². The van der Waals surface area contributed by atoms with Gasteiger partial charge in [0.25, 0.3) is 0 Å². The van der Waals surface area contributed by atoms with Gasteiger partial charge in [-0.1, -0.05) is 54.2 Å². The zero-order chi connectivity index (χ0) is 16.5. The van der Waals surface area contributed by atoms with Crippen LogP contribution in [-0.4, -0.2) is 21.0 Å². The number of carbonyl (C=O) groups is 1. The van der Waals surface area contributed by atoms with Crippen molar-refractivity contribution in [3.63, 3.8) is 0 Å². The number of pyridine rings is 1. The van der Waals surface area contributed by atoms with Crippen LogP contribution in [0.4, 0.5) is 0 Å². The summed E-state index contributed by atoms with van der Waals surface area (Å²) in [6, 6.07) is 19.9. The number of nitrogens with zero attached hydrogens (tertiary/aromatic N) is 1. The van der Waals surface area contributed by atoms with Crippen molar-refractivity contribution in [2.45, 2.75) is 17.2 Å². The zero-order valence-corrected chi connectivity index (χ0v) is 14.0. The molecule has 0 unspecified atom stereocenters. The van der Waals surface area contributed by atoms with E-state index in [-0.39, 0.29) is 11.0 Å². The summed E-state index contributed by atoms with van der Waals surface area (Å²) in [4.78, 5) is 20.6. The van der Waals surface area contributed by atoms with Gasteiger partial charge in [-0.05, 0) is 25.1 Å². The minimum absolute atomic E-state index is 0.118. The van der Waals surface area contributed by atoms with Crippen LogP contribution in [0.1, 0.15) is 17.3 Å². The molecule has 0 aliphatic rings. The van der Waals surface area contributed by atoms with Gasteiger partial charge in [0.15, 0.2) is 5.78 Å². The first-order valence-corrected chi connectivity index (χ1v) is 8.73. The molecule has 0 saturated heterocycles. The highest BCUT2D eigenvalue weighted by atomic mass is 32.2. The fourth-order valence-electron chi connectivity index (χ4n) is 2.84. The highest BCUT2D eigenvalue weighted by molar-refractivity contribution is 8.00. The second kappa shape index (κ2) is 6.13. The maximum atomic E-state index is 12.8. The Labute approximate surface area is 144 Å². The predicted molar refractivity (Wildman–Crippen MR) is 99.7 cm³/mol. The summed E-state index contributed by atoms with van der Waals surface area (Å²) in [6.45, 7) is 1.94. The largest absolute Gasteiger partial charge is 0.360 e. The number of fused-ring (bicyclic) bond motifs is 2. The maximum absolute atomic E-state index is 12.8. The van der Waals surface area contributed by atoms with E-state index in [1.807, 2.05) is 67.6 Å². The number of para-hydroxylation sites is 2. The summed E-state index contributed by atoms with van der Waals surface area (Å²) in [5.41, 5.74) is 2.68. The van der Waals surface area contributed by atoms with Gasteiger partial charge in [0, 0.05) is 28.0 Å². The Kier molecular flexibility index (Phi) is 3.82. The molecule has 0 spiro atoms. The number of hydrogen-bond acceptors (Lipinski definition) is 3. The van der Waals surface area contributed by atoms with Gasteiger partial charge in [0.1, 0.15) is 0 Å². The first-order chi connectivity index (χ1) is 11.7. The summed E-state index contributed by atoms with van der Waals surface area (Å²) in [5, 5.41) is 2.76. The SMILES string of the molecule is C[C@H](Sc1ccc2ccccc2n1)C(=O)c1c[nH]c2ccccc12. The van der Waals surface area contributed by atoms with E-state index in [9.17, 15) is 4.79 Å². The Hall–Kier alpha value is -2.59. The average molecular weight is 332 g/mol. The third kappa shape index (κ3) is 2.69. The number of H-pyrrole nitrogens is 1. The standard InChI is InChI=1S/C20H16N2OS/c1-13(20(23)16-12-21-18-9-5-3-7-15(16)18)24-19-11-10-14-6-2-4-8-17(14)22-19/h2-13,21H,1H3/t13-/m0/s1. The molecule has 4 aromatic rings. The third-order valence-electron chi connectivity index (χ3n) is 4.09. The molecule has 2 heterocycles. The van der Waals surface area contributed by atoms with Crippen molar-refractivity contribution in [3.8, 4) is 0 Å². The van der Waals surface area contributed by atoms with Crippen molar-refractivity contribution in [2.24, 2.45) is 0 Å². The first-order valence-electron chi connectivity index (χ1n) is 7.85. The van der Waals surface area contributed by atoms with Gasteiger partial charge in [-0.15, -0.1) is 0 Å². The maximum Gasteiger partial charge on any atom is 0.178 e. The lowest BCUT2D eigenvalue weighted by Gasteiger charge is -2.09. The molecule has 0 bridgehead atoms. The molecule has 0 fully saturated rings. The lowest BCUT2D eigenvalue weighted by atomic mass is 10.1. The van der Waals surface area contributed by atoms with Gasteiger partial charge in [-0.25, -0.2) is 4.98 Å². The van der Waals surface area contributed by atoms with Crippen molar-refractivity contribution in [3.05, 3.63) is 72.4 Å². The molecule has 1 atom stereocenters. The average Bonchev–Trinajstić information content (AvgIpc) is 3.05. The molecule has 3 nitrogen and oxygen atoms in total. The Morgan fingerprint density at radius 1 is 1.04 bits per heavy atom. The highest BCUT2D eigenvalue weighted by Crippen LogP contribution is 2.28. The Morgan fingerprint density at radius 2 is 1.83 bits per heavy atom. The Balaban J connectivity index is 1.60. The molecule has 2 aromatic heterocycles. The van der Waals surface area contributed by atoms with E-state index in [0.29, 0.717) is 0 Å². The molecular weight excluding hydrogens is 316 g/mol. The molecule has 24 heavy (non-hydrogen) atoms. The number of rotatable bonds is 4. The van der Waals surface area contributed by atoms with Crippen LogP contribution in [-0.2, 0) is 0 Å². The normalized spacial score (nSPS) is 12.5. The van der Waals surface area contributed by atoms with Crippen LogP contribution in [0.5, 0.6) is 0 Å². The Morgan fingerprint density at radius 3 is 2.75 bits per heavy atom. The van der Waals surface area contributed by atoms with Gasteiger partial charge in [0.05, 0.1) is 15.8 Å². The van der Waals surface area contributed by atoms with Crippen LogP contribution < -0.4 is 0 Å². The first kappa shape index (κ1) is 15.0. The number of Topliss-reactive ketones (excluding diaryl/α,β-unsaturated/α-hetero) is 1. The van der Waals surface area contributed by atoms with Crippen molar-refractivity contribution in [1.29, 1.82) is 0 Å². The van der Waals surface area contributed by atoms with E-state index >= 15 is 0 Å². The lowest BCUT2D eigenvalue weighted by Crippen LogP contribution is -2.13. The third-order valence-corrected chi connectivity index (χ3v) is 5.13. The number of aromatic amines is 1. The van der Waals surface area contributed by atoms with E-state index < -0.39 is 0 Å². The van der Waals surface area contributed by atoms with E-state index in [1.54, 1.807) is 6.20 Å². The van der Waals surface area contributed by atoms with Gasteiger partial charge in [-0.3, -0.25) is 4.79 Å². The number of hydrogen-bond donors (Lipinski definition) is 1. The number of nitrogens with one attached hydrogen (secondary N) is 1. The molecule has 2 aromatic carbocycles. The quantitative estimate of drug-likeness (QED) is 0.419. The fourth-order valence-corrected chi connectivity index (χ4v) is 3.74. The van der Waals surface area contributed by atoms with Gasteiger partial charge < -0.3 is 4.98 Å². The molecule has 4 rings (SSSR count). The summed E-state index contributed by atoms with van der Waals surface area (Å²) in [5.74, 6) is 0.118. The second-order valence-electron chi connectivity index (χ2n) is 5.71. The van der Waals surface area contributed by atoms with E-state index in [4.69, 9.17) is 0 Å². The van der Waals surface area contributed by atoms with Crippen LogP contribution in [0.25, 0.3) is 21.8 Å². The second-order valence-corrected chi connectivity index (χ2v) is 7.08. The molecule has 0 aliphatic carbocycles. The number of benzene rings is 2. The number of thioether (sulfide) groups is 1. The Bertz CT molecular complexity index is 1040. The predicted octanol–water partition coefficient (Wildman–Crippen LogP) is 5.08. The van der Waals surface area contributed by atoms with E-state index in [1.165, 1.54) is 11.8 Å². The zero-order valence-electron chi connectivity index (χ0n) is 13.2. The highest BCUT2D eigenvalue weighted by Gasteiger charge is 2.20. The van der Waals surface area contributed by atoms with Crippen LogP contribution >= 0.6 is 11.8 Å². The lowest BCUT2D eigenvalue weighted by molar-refractivity contribution is 0.0995. The van der Waals surface area contributed by atoms with Crippen LogP contribution in [0, 0.1) is 0 Å². The van der Waals surface area contributed by atoms with Crippen molar-refractivity contribution in [2.75, 3.05) is 0 Å². The molecule has 0 radical (unpaired) electrons. The number of aromatic nitrogens is 2. The molecule has 118 valence electrons. The van der Waals surface area contributed by atoms with Crippen molar-refractivity contribution >= 4 is 39.4 Å². The monoisotopic (exact) mass is 332 g/mol. The summed E-state index contributed by atoms with van der Waals surface area (Å²) >= 11 is 1.50. The van der Waals surface area contributed by atoms with Crippen LogP contribution in [0.2, 0.25) is 0 Å².